The number of aryl methyl sites for hydroxylation is 1. The van der Waals surface area contributed by atoms with Gasteiger partial charge in [0.25, 0.3) is 11.6 Å². The summed E-state index contributed by atoms with van der Waals surface area (Å²) in [7, 11) is 1.46. The molecule has 7 heteroatoms. The lowest BCUT2D eigenvalue weighted by Crippen LogP contribution is -2.40. The van der Waals surface area contributed by atoms with Crippen molar-refractivity contribution >= 4 is 11.6 Å². The third kappa shape index (κ3) is 4.01. The Hall–Kier alpha value is -1.99. The minimum atomic E-state index is -0.518. The highest BCUT2D eigenvalue weighted by Gasteiger charge is 2.16. The fourth-order valence-electron chi connectivity index (χ4n) is 1.62. The predicted octanol–water partition coefficient (Wildman–Crippen LogP) is 0.640. The lowest BCUT2D eigenvalue weighted by atomic mass is 10.1. The average Bonchev–Trinajstić information content (AvgIpc) is 2.37. The minimum Gasteiger partial charge on any atom is -0.394 e. The highest BCUT2D eigenvalue weighted by atomic mass is 16.6. The molecule has 0 aliphatic carbocycles. The monoisotopic (exact) mass is 268 g/mol. The van der Waals surface area contributed by atoms with E-state index in [2.05, 4.69) is 5.32 Å². The van der Waals surface area contributed by atoms with Crippen molar-refractivity contribution in [2.24, 2.45) is 0 Å². The van der Waals surface area contributed by atoms with Crippen molar-refractivity contribution in [3.63, 3.8) is 0 Å². The van der Waals surface area contributed by atoms with Crippen LogP contribution in [0, 0.1) is 17.0 Å². The summed E-state index contributed by atoms with van der Waals surface area (Å²) in [4.78, 5) is 22.0. The molecule has 1 amide bonds. The number of benzene rings is 1. The number of amides is 1. The number of carbonyl (C=O) groups excluding carboxylic acids is 1. The van der Waals surface area contributed by atoms with Crippen LogP contribution in [0.25, 0.3) is 0 Å². The maximum Gasteiger partial charge on any atom is 0.269 e. The zero-order valence-corrected chi connectivity index (χ0v) is 10.8. The van der Waals surface area contributed by atoms with Crippen LogP contribution in [0.4, 0.5) is 5.69 Å². The van der Waals surface area contributed by atoms with Gasteiger partial charge in [-0.3, -0.25) is 14.9 Å². The van der Waals surface area contributed by atoms with Crippen LogP contribution in [0.2, 0.25) is 0 Å². The van der Waals surface area contributed by atoms with E-state index in [0.717, 1.165) is 0 Å². The van der Waals surface area contributed by atoms with Crippen LogP contribution in [0.3, 0.4) is 0 Å². The van der Waals surface area contributed by atoms with Crippen LogP contribution >= 0.6 is 0 Å². The lowest BCUT2D eigenvalue weighted by Gasteiger charge is -2.15. The van der Waals surface area contributed by atoms with E-state index in [1.807, 2.05) is 0 Å². The molecule has 104 valence electrons. The molecule has 0 aliphatic heterocycles. The molecule has 0 aliphatic rings. The molecule has 1 atom stereocenters. The molecule has 0 aromatic heterocycles. The summed E-state index contributed by atoms with van der Waals surface area (Å²) in [5, 5.41) is 22.2. The van der Waals surface area contributed by atoms with Gasteiger partial charge in [-0.2, -0.15) is 0 Å². The quantitative estimate of drug-likeness (QED) is 0.582. The molecule has 0 bridgehead atoms. The van der Waals surface area contributed by atoms with Gasteiger partial charge in [0.05, 0.1) is 24.2 Å². The molecule has 19 heavy (non-hydrogen) atoms. The molecule has 0 heterocycles. The first-order valence-corrected chi connectivity index (χ1v) is 5.65. The molecule has 1 aromatic carbocycles. The Morgan fingerprint density at radius 1 is 1.58 bits per heavy atom. The first kappa shape index (κ1) is 15.1. The van der Waals surface area contributed by atoms with E-state index in [0.29, 0.717) is 11.1 Å². The van der Waals surface area contributed by atoms with Gasteiger partial charge in [0.2, 0.25) is 0 Å². The van der Waals surface area contributed by atoms with Gasteiger partial charge in [-0.25, -0.2) is 0 Å². The van der Waals surface area contributed by atoms with Gasteiger partial charge < -0.3 is 15.2 Å². The van der Waals surface area contributed by atoms with Gasteiger partial charge in [0.15, 0.2) is 0 Å². The number of nitrogens with zero attached hydrogens (tertiary/aromatic N) is 1. The van der Waals surface area contributed by atoms with Crippen molar-refractivity contribution < 1.29 is 19.6 Å². The number of rotatable bonds is 6. The Bertz CT molecular complexity index is 475. The molecule has 0 fully saturated rings. The topological polar surface area (TPSA) is 102 Å². The summed E-state index contributed by atoms with van der Waals surface area (Å²) in [5.74, 6) is -0.400. The molecular weight excluding hydrogens is 252 g/mol. The molecule has 1 rings (SSSR count). The van der Waals surface area contributed by atoms with Gasteiger partial charge in [-0.15, -0.1) is 0 Å². The minimum absolute atomic E-state index is 0.0651. The Labute approximate surface area is 110 Å². The fraction of sp³-hybridized carbons (Fsp3) is 0.417. The highest BCUT2D eigenvalue weighted by molar-refractivity contribution is 5.96. The number of ether oxygens (including phenoxy) is 1. The zero-order valence-electron chi connectivity index (χ0n) is 10.8. The summed E-state index contributed by atoms with van der Waals surface area (Å²) >= 11 is 0. The molecule has 2 N–H and O–H groups in total. The van der Waals surface area contributed by atoms with Crippen LogP contribution in [-0.4, -0.2) is 42.3 Å². The van der Waals surface area contributed by atoms with E-state index in [-0.39, 0.29) is 18.9 Å². The number of carbonyl (C=O) groups is 1. The number of methoxy groups -OCH3 is 1. The molecule has 0 spiro atoms. The van der Waals surface area contributed by atoms with Gasteiger partial charge in [-0.1, -0.05) is 0 Å². The van der Waals surface area contributed by atoms with Crippen LogP contribution in [0.1, 0.15) is 15.9 Å². The van der Waals surface area contributed by atoms with Crippen LogP contribution in [0.5, 0.6) is 0 Å². The second-order valence-electron chi connectivity index (χ2n) is 4.06. The first-order valence-electron chi connectivity index (χ1n) is 5.65. The maximum absolute atomic E-state index is 11.9. The van der Waals surface area contributed by atoms with Crippen molar-refractivity contribution in [2.75, 3.05) is 20.3 Å². The van der Waals surface area contributed by atoms with E-state index in [1.54, 1.807) is 6.92 Å². The second-order valence-corrected chi connectivity index (χ2v) is 4.06. The van der Waals surface area contributed by atoms with E-state index >= 15 is 0 Å². The number of nitro benzene ring substituents is 1. The zero-order chi connectivity index (χ0) is 14.4. The van der Waals surface area contributed by atoms with Crippen molar-refractivity contribution in [1.82, 2.24) is 5.32 Å². The first-order chi connectivity index (χ1) is 8.99. The summed E-state index contributed by atoms with van der Waals surface area (Å²) in [6.45, 7) is 1.56. The van der Waals surface area contributed by atoms with Crippen LogP contribution in [0.15, 0.2) is 18.2 Å². The Balaban J connectivity index is 2.85. The summed E-state index contributed by atoms with van der Waals surface area (Å²) in [5.41, 5.74) is 0.769. The Morgan fingerprint density at radius 2 is 2.26 bits per heavy atom. The second kappa shape index (κ2) is 6.81. The SMILES string of the molecule is COCC(CO)NC(=O)c1ccc([N+](=O)[O-])cc1C. The van der Waals surface area contributed by atoms with Crippen molar-refractivity contribution in [3.05, 3.63) is 39.4 Å². The molecule has 0 saturated heterocycles. The van der Waals surface area contributed by atoms with Crippen LogP contribution < -0.4 is 5.32 Å². The van der Waals surface area contributed by atoms with Gasteiger partial charge in [0.1, 0.15) is 0 Å². The molecule has 0 saturated carbocycles. The number of nitro groups is 1. The summed E-state index contributed by atoms with van der Waals surface area (Å²) in [6.07, 6.45) is 0. The van der Waals surface area contributed by atoms with Crippen LogP contribution in [-0.2, 0) is 4.74 Å². The smallest absolute Gasteiger partial charge is 0.269 e. The Morgan fingerprint density at radius 3 is 2.74 bits per heavy atom. The molecular formula is C12H16N2O5. The van der Waals surface area contributed by atoms with Gasteiger partial charge in [-0.05, 0) is 18.6 Å². The third-order valence-electron chi connectivity index (χ3n) is 2.59. The van der Waals surface area contributed by atoms with E-state index in [4.69, 9.17) is 9.84 Å². The largest absolute Gasteiger partial charge is 0.394 e. The van der Waals surface area contributed by atoms with Crippen molar-refractivity contribution in [2.45, 2.75) is 13.0 Å². The normalized spacial score (nSPS) is 11.9. The van der Waals surface area contributed by atoms with Gasteiger partial charge >= 0.3 is 0 Å². The molecule has 7 nitrogen and oxygen atoms in total. The van der Waals surface area contributed by atoms with E-state index in [1.165, 1.54) is 25.3 Å². The molecule has 0 radical (unpaired) electrons. The number of hydrogen-bond donors (Lipinski definition) is 2. The van der Waals surface area contributed by atoms with E-state index in [9.17, 15) is 14.9 Å². The maximum atomic E-state index is 11.9. The van der Waals surface area contributed by atoms with Gasteiger partial charge in [0, 0.05) is 24.8 Å². The Kier molecular flexibility index (Phi) is 5.40. The predicted molar refractivity (Wildman–Crippen MR) is 68.0 cm³/mol. The average molecular weight is 268 g/mol. The summed E-state index contributed by atoms with van der Waals surface area (Å²) in [6, 6.07) is 3.49. The number of aliphatic hydroxyl groups excluding tert-OH is 1. The van der Waals surface area contributed by atoms with E-state index < -0.39 is 16.9 Å². The van der Waals surface area contributed by atoms with Crippen molar-refractivity contribution in [1.29, 1.82) is 0 Å². The lowest BCUT2D eigenvalue weighted by molar-refractivity contribution is -0.384. The fourth-order valence-corrected chi connectivity index (χ4v) is 1.62. The number of non-ortho nitro benzene ring substituents is 1. The molecule has 1 unspecified atom stereocenters. The number of aliphatic hydroxyl groups is 1. The molecule has 1 aromatic rings. The highest BCUT2D eigenvalue weighted by Crippen LogP contribution is 2.17. The summed E-state index contributed by atoms with van der Waals surface area (Å²) < 4.78 is 4.85. The number of nitrogens with one attached hydrogen (secondary N) is 1. The third-order valence-corrected chi connectivity index (χ3v) is 2.59. The number of hydrogen-bond acceptors (Lipinski definition) is 5. The van der Waals surface area contributed by atoms with Crippen molar-refractivity contribution in [3.8, 4) is 0 Å². The standard InChI is InChI=1S/C12H16N2O5/c1-8-5-10(14(17)18)3-4-11(8)12(16)13-9(6-15)7-19-2/h3-5,9,15H,6-7H2,1-2H3,(H,13,16).